The van der Waals surface area contributed by atoms with Gasteiger partial charge in [-0.25, -0.2) is 9.07 Å². The number of nitrogens with one attached hydrogen (secondary N) is 1. The minimum atomic E-state index is -0.278. The van der Waals surface area contributed by atoms with E-state index in [9.17, 15) is 9.18 Å². The second kappa shape index (κ2) is 9.06. The zero-order valence-electron chi connectivity index (χ0n) is 19.3. The Morgan fingerprint density at radius 1 is 1.15 bits per heavy atom. The van der Waals surface area contributed by atoms with Crippen molar-refractivity contribution in [3.05, 3.63) is 65.1 Å². The first-order valence-electron chi connectivity index (χ1n) is 11.3. The van der Waals surface area contributed by atoms with Crippen molar-refractivity contribution in [3.8, 4) is 11.4 Å². The smallest absolute Gasteiger partial charge is 0.251 e. The maximum Gasteiger partial charge on any atom is 0.251 e. The molecular weight excluding hydrogens is 453 g/mol. The van der Waals surface area contributed by atoms with Crippen LogP contribution in [0.3, 0.4) is 0 Å². The van der Waals surface area contributed by atoms with E-state index >= 15 is 0 Å². The van der Waals surface area contributed by atoms with Gasteiger partial charge in [-0.15, -0.1) is 0 Å². The van der Waals surface area contributed by atoms with Gasteiger partial charge in [-0.2, -0.15) is 10.1 Å². The van der Waals surface area contributed by atoms with Gasteiger partial charge in [-0.3, -0.25) is 4.79 Å². The minimum Gasteiger partial charge on any atom is -0.497 e. The molecule has 4 aromatic rings. The molecule has 0 unspecified atom stereocenters. The summed E-state index contributed by atoms with van der Waals surface area (Å²) in [5.41, 5.74) is 4.05. The number of ether oxygens (including phenoxy) is 1. The molecule has 1 amide bonds. The van der Waals surface area contributed by atoms with Crippen LogP contribution in [0.25, 0.3) is 16.0 Å². The summed E-state index contributed by atoms with van der Waals surface area (Å²) in [5, 5.41) is 8.73. The lowest BCUT2D eigenvalue weighted by Gasteiger charge is -2.32. The molecule has 1 saturated heterocycles. The zero-order valence-corrected chi connectivity index (χ0v) is 20.2. The van der Waals surface area contributed by atoms with Crippen LogP contribution >= 0.6 is 11.3 Å². The first-order chi connectivity index (χ1) is 16.4. The second-order valence-corrected chi connectivity index (χ2v) is 9.52. The van der Waals surface area contributed by atoms with Crippen LogP contribution in [0.2, 0.25) is 0 Å². The zero-order chi connectivity index (χ0) is 23.8. The molecule has 1 aliphatic rings. The minimum absolute atomic E-state index is 0.0476. The number of halogens is 1. The number of thiazole rings is 1. The molecule has 0 atom stereocenters. The summed E-state index contributed by atoms with van der Waals surface area (Å²) in [7, 11) is 1.62. The number of methoxy groups -OCH3 is 1. The lowest BCUT2D eigenvalue weighted by atomic mass is 10.0. The Morgan fingerprint density at radius 2 is 1.88 bits per heavy atom. The highest BCUT2D eigenvalue weighted by Crippen LogP contribution is 2.33. The number of aryl methyl sites for hydroxylation is 2. The predicted octanol–water partition coefficient (Wildman–Crippen LogP) is 4.65. The van der Waals surface area contributed by atoms with E-state index in [1.807, 2.05) is 32.0 Å². The molecule has 176 valence electrons. The van der Waals surface area contributed by atoms with Crippen molar-refractivity contribution in [3.63, 3.8) is 0 Å². The Labute approximate surface area is 201 Å². The van der Waals surface area contributed by atoms with Crippen molar-refractivity contribution >= 4 is 32.7 Å². The fraction of sp³-hybridized carbons (Fsp3) is 0.320. The maximum absolute atomic E-state index is 13.3. The third-order valence-corrected chi connectivity index (χ3v) is 7.44. The summed E-state index contributed by atoms with van der Waals surface area (Å²) >= 11 is 1.62. The number of nitrogens with zero attached hydrogens (tertiary/aromatic N) is 4. The molecule has 5 rings (SSSR count). The predicted molar refractivity (Wildman–Crippen MR) is 132 cm³/mol. The molecule has 7 nitrogen and oxygen atoms in total. The first-order valence-corrected chi connectivity index (χ1v) is 12.1. The maximum atomic E-state index is 13.3. The number of amides is 1. The molecule has 0 spiro atoms. The van der Waals surface area contributed by atoms with Gasteiger partial charge >= 0.3 is 0 Å². The molecule has 2 aromatic carbocycles. The summed E-state index contributed by atoms with van der Waals surface area (Å²) in [6, 6.07) is 11.9. The highest BCUT2D eigenvalue weighted by molar-refractivity contribution is 7.22. The van der Waals surface area contributed by atoms with Crippen LogP contribution in [0.5, 0.6) is 5.75 Å². The molecule has 0 saturated carbocycles. The highest BCUT2D eigenvalue weighted by Gasteiger charge is 2.25. The van der Waals surface area contributed by atoms with Gasteiger partial charge in [-0.1, -0.05) is 11.3 Å². The van der Waals surface area contributed by atoms with Crippen LogP contribution in [0.15, 0.2) is 42.5 Å². The average Bonchev–Trinajstić information content (AvgIpc) is 3.40. The van der Waals surface area contributed by atoms with E-state index in [2.05, 4.69) is 15.3 Å². The van der Waals surface area contributed by atoms with E-state index in [-0.39, 0.29) is 17.8 Å². The van der Waals surface area contributed by atoms with E-state index in [1.54, 1.807) is 35.3 Å². The standard InChI is InChI=1S/C25H26FN5O2S/c1-15-14-20(33-3)8-9-21(15)24(32)27-18-10-12-30(13-11-18)25-28-23-22(34-25)16(2)29-31(23)19-6-4-17(26)5-7-19/h4-9,14,18H,10-13H2,1-3H3,(H,27,32). The van der Waals surface area contributed by atoms with E-state index in [0.29, 0.717) is 5.56 Å². The van der Waals surface area contributed by atoms with Crippen molar-refractivity contribution < 1.29 is 13.9 Å². The quantitative estimate of drug-likeness (QED) is 0.451. The molecule has 34 heavy (non-hydrogen) atoms. The molecule has 3 heterocycles. The van der Waals surface area contributed by atoms with Crippen LogP contribution in [0.1, 0.15) is 34.5 Å². The number of piperidine rings is 1. The van der Waals surface area contributed by atoms with Crippen LogP contribution in [0, 0.1) is 19.7 Å². The number of carbonyl (C=O) groups is 1. The van der Waals surface area contributed by atoms with Crippen LogP contribution in [0.4, 0.5) is 9.52 Å². The Balaban J connectivity index is 1.27. The third-order valence-electron chi connectivity index (χ3n) is 6.23. The van der Waals surface area contributed by atoms with Gasteiger partial charge in [-0.05, 0) is 74.7 Å². The number of aromatic nitrogens is 3. The monoisotopic (exact) mass is 479 g/mol. The van der Waals surface area contributed by atoms with Crippen molar-refractivity contribution in [1.29, 1.82) is 0 Å². The summed E-state index contributed by atoms with van der Waals surface area (Å²) in [6.07, 6.45) is 1.69. The lowest BCUT2D eigenvalue weighted by Crippen LogP contribution is -2.44. The summed E-state index contributed by atoms with van der Waals surface area (Å²) in [4.78, 5) is 19.9. The van der Waals surface area contributed by atoms with E-state index in [1.165, 1.54) is 12.1 Å². The largest absolute Gasteiger partial charge is 0.497 e. The van der Waals surface area contributed by atoms with Gasteiger partial charge in [0.05, 0.1) is 23.2 Å². The molecular formula is C25H26FN5O2S. The third kappa shape index (κ3) is 4.23. The van der Waals surface area contributed by atoms with Gasteiger partial charge in [0.15, 0.2) is 10.8 Å². The van der Waals surface area contributed by atoms with Gasteiger partial charge in [0.25, 0.3) is 5.91 Å². The average molecular weight is 480 g/mol. The fourth-order valence-corrected chi connectivity index (χ4v) is 5.36. The summed E-state index contributed by atoms with van der Waals surface area (Å²) in [5.74, 6) is 0.421. The number of benzene rings is 2. The van der Waals surface area contributed by atoms with Gasteiger partial charge < -0.3 is 15.0 Å². The summed E-state index contributed by atoms with van der Waals surface area (Å²) in [6.45, 7) is 5.51. The number of hydrogen-bond donors (Lipinski definition) is 1. The van der Waals surface area contributed by atoms with Crippen LogP contribution < -0.4 is 15.0 Å². The normalized spacial score (nSPS) is 14.5. The first kappa shape index (κ1) is 22.3. The van der Waals surface area contributed by atoms with E-state index in [4.69, 9.17) is 9.72 Å². The molecule has 0 bridgehead atoms. The Morgan fingerprint density at radius 3 is 2.56 bits per heavy atom. The molecule has 0 radical (unpaired) electrons. The number of fused-ring (bicyclic) bond motifs is 1. The number of hydrogen-bond acceptors (Lipinski definition) is 6. The van der Waals surface area contributed by atoms with Gasteiger partial charge in [0.2, 0.25) is 0 Å². The van der Waals surface area contributed by atoms with Crippen molar-refractivity contribution in [1.82, 2.24) is 20.1 Å². The molecule has 1 N–H and O–H groups in total. The Bertz CT molecular complexity index is 1340. The Kier molecular flexibility index (Phi) is 5.95. The molecule has 1 aliphatic heterocycles. The fourth-order valence-electron chi connectivity index (χ4n) is 4.32. The van der Waals surface area contributed by atoms with Gasteiger partial charge in [0, 0.05) is 24.7 Å². The number of anilines is 1. The summed E-state index contributed by atoms with van der Waals surface area (Å²) < 4.78 is 21.4. The van der Waals surface area contributed by atoms with Crippen LogP contribution in [-0.4, -0.2) is 46.9 Å². The van der Waals surface area contributed by atoms with Gasteiger partial charge in [0.1, 0.15) is 11.6 Å². The van der Waals surface area contributed by atoms with E-state index < -0.39 is 0 Å². The van der Waals surface area contributed by atoms with E-state index in [0.717, 1.165) is 64.1 Å². The topological polar surface area (TPSA) is 72.3 Å². The SMILES string of the molecule is COc1ccc(C(=O)NC2CCN(c3nc4c(s3)c(C)nn4-c3ccc(F)cc3)CC2)c(C)c1. The van der Waals surface area contributed by atoms with Crippen molar-refractivity contribution in [2.45, 2.75) is 32.7 Å². The number of carbonyl (C=O) groups excluding carboxylic acids is 1. The van der Waals surface area contributed by atoms with Crippen LogP contribution in [-0.2, 0) is 0 Å². The number of rotatable bonds is 5. The highest BCUT2D eigenvalue weighted by atomic mass is 32.1. The second-order valence-electron chi connectivity index (χ2n) is 8.54. The molecule has 1 fully saturated rings. The van der Waals surface area contributed by atoms with Crippen molar-refractivity contribution in [2.24, 2.45) is 0 Å². The van der Waals surface area contributed by atoms with Crippen molar-refractivity contribution in [2.75, 3.05) is 25.1 Å². The Hall–Kier alpha value is -3.46. The molecule has 0 aliphatic carbocycles. The molecule has 2 aromatic heterocycles. The molecule has 9 heteroatoms. The lowest BCUT2D eigenvalue weighted by molar-refractivity contribution is 0.0930.